The number of rotatable bonds is 3. The summed E-state index contributed by atoms with van der Waals surface area (Å²) in [7, 11) is 0. The van der Waals surface area contributed by atoms with Crippen molar-refractivity contribution in [2.45, 2.75) is 57.0 Å². The van der Waals surface area contributed by atoms with E-state index in [1.165, 1.54) is 29.7 Å². The van der Waals surface area contributed by atoms with Gasteiger partial charge in [-0.15, -0.1) is 11.3 Å². The van der Waals surface area contributed by atoms with Gasteiger partial charge in [0.15, 0.2) is 0 Å². The Bertz CT molecular complexity index is 453. The smallest absolute Gasteiger partial charge is 0.261 e. The van der Waals surface area contributed by atoms with Crippen LogP contribution < -0.4 is 5.32 Å². The summed E-state index contributed by atoms with van der Waals surface area (Å²) in [5, 5.41) is 12.9. The first-order chi connectivity index (χ1) is 9.16. The molecule has 1 aromatic heterocycles. The predicted molar refractivity (Wildman–Crippen MR) is 76.7 cm³/mol. The number of aliphatic hydroxyl groups is 1. The number of aryl methyl sites for hydroxylation is 2. The Kier molecular flexibility index (Phi) is 3.63. The lowest BCUT2D eigenvalue weighted by atomic mass is 9.80. The van der Waals surface area contributed by atoms with Crippen molar-refractivity contribution in [1.29, 1.82) is 0 Å². The van der Waals surface area contributed by atoms with Crippen molar-refractivity contribution in [2.75, 3.05) is 6.54 Å². The summed E-state index contributed by atoms with van der Waals surface area (Å²) in [6.07, 6.45) is 8.72. The Morgan fingerprint density at radius 1 is 1.26 bits per heavy atom. The lowest BCUT2D eigenvalue weighted by Gasteiger charge is -2.36. The lowest BCUT2D eigenvalue weighted by Crippen LogP contribution is -2.47. The lowest BCUT2D eigenvalue weighted by molar-refractivity contribution is -0.0300. The van der Waals surface area contributed by atoms with Crippen LogP contribution in [0.5, 0.6) is 0 Å². The fourth-order valence-electron chi connectivity index (χ4n) is 2.87. The second-order valence-electron chi connectivity index (χ2n) is 5.88. The topological polar surface area (TPSA) is 49.3 Å². The number of fused-ring (bicyclic) bond motifs is 1. The first-order valence-electron chi connectivity index (χ1n) is 7.28. The van der Waals surface area contributed by atoms with Gasteiger partial charge in [-0.05, 0) is 56.6 Å². The van der Waals surface area contributed by atoms with E-state index in [2.05, 4.69) is 11.4 Å². The Labute approximate surface area is 118 Å². The molecule has 104 valence electrons. The van der Waals surface area contributed by atoms with E-state index in [4.69, 9.17) is 0 Å². The highest BCUT2D eigenvalue weighted by Gasteiger charge is 2.34. The average Bonchev–Trinajstić information content (AvgIpc) is 2.65. The van der Waals surface area contributed by atoms with Crippen LogP contribution in [0.3, 0.4) is 0 Å². The molecule has 2 aliphatic rings. The van der Waals surface area contributed by atoms with Crippen LogP contribution in [0.2, 0.25) is 0 Å². The predicted octanol–water partition coefficient (Wildman–Crippen LogP) is 2.66. The summed E-state index contributed by atoms with van der Waals surface area (Å²) in [5.74, 6) is -0.0154. The monoisotopic (exact) mass is 279 g/mol. The molecule has 0 aromatic carbocycles. The summed E-state index contributed by atoms with van der Waals surface area (Å²) in [5.41, 5.74) is 0.735. The molecule has 3 rings (SSSR count). The van der Waals surface area contributed by atoms with Crippen LogP contribution >= 0.6 is 11.3 Å². The van der Waals surface area contributed by atoms with Gasteiger partial charge in [-0.2, -0.15) is 0 Å². The molecule has 0 aliphatic heterocycles. The summed E-state index contributed by atoms with van der Waals surface area (Å²) in [6, 6.07) is 2.06. The van der Waals surface area contributed by atoms with E-state index in [1.807, 2.05) is 0 Å². The molecule has 19 heavy (non-hydrogen) atoms. The van der Waals surface area contributed by atoms with Crippen LogP contribution in [0.15, 0.2) is 6.07 Å². The second-order valence-corrected chi connectivity index (χ2v) is 7.02. The molecule has 0 unspecified atom stereocenters. The van der Waals surface area contributed by atoms with Gasteiger partial charge >= 0.3 is 0 Å². The fourth-order valence-corrected chi connectivity index (χ4v) is 4.04. The van der Waals surface area contributed by atoms with E-state index < -0.39 is 5.60 Å². The number of hydrogen-bond acceptors (Lipinski definition) is 3. The van der Waals surface area contributed by atoms with Crippen LogP contribution in [0.4, 0.5) is 0 Å². The van der Waals surface area contributed by atoms with Crippen LogP contribution in [-0.4, -0.2) is 23.2 Å². The number of nitrogens with one attached hydrogen (secondary N) is 1. The third kappa shape index (κ3) is 2.84. The Morgan fingerprint density at radius 2 is 2.05 bits per heavy atom. The molecular weight excluding hydrogens is 258 g/mol. The van der Waals surface area contributed by atoms with Gasteiger partial charge in [0, 0.05) is 11.4 Å². The van der Waals surface area contributed by atoms with Crippen LogP contribution in [0.25, 0.3) is 0 Å². The zero-order valence-electron chi connectivity index (χ0n) is 11.2. The van der Waals surface area contributed by atoms with E-state index in [-0.39, 0.29) is 5.91 Å². The standard InChI is InChI=1S/C15H21NO2S/c17-14(16-10-15(18)7-4-8-15)13-9-11-5-2-1-3-6-12(11)19-13/h9,18H,1-8,10H2,(H,16,17). The van der Waals surface area contributed by atoms with Gasteiger partial charge in [-0.3, -0.25) is 4.79 Å². The maximum Gasteiger partial charge on any atom is 0.261 e. The summed E-state index contributed by atoms with van der Waals surface area (Å²) >= 11 is 1.64. The largest absolute Gasteiger partial charge is 0.388 e. The molecule has 1 saturated carbocycles. The molecule has 3 nitrogen and oxygen atoms in total. The molecule has 1 fully saturated rings. The molecule has 1 heterocycles. The molecule has 0 spiro atoms. The summed E-state index contributed by atoms with van der Waals surface area (Å²) in [6.45, 7) is 0.397. The van der Waals surface area contributed by atoms with Crippen LogP contribution in [0.1, 0.15) is 58.6 Å². The van der Waals surface area contributed by atoms with E-state index in [9.17, 15) is 9.90 Å². The van der Waals surface area contributed by atoms with Gasteiger partial charge in [0.25, 0.3) is 5.91 Å². The average molecular weight is 279 g/mol. The molecule has 1 aromatic rings. The third-order valence-electron chi connectivity index (χ3n) is 4.33. The molecule has 0 saturated heterocycles. The van der Waals surface area contributed by atoms with Crippen molar-refractivity contribution in [3.8, 4) is 0 Å². The van der Waals surface area contributed by atoms with Crippen LogP contribution in [-0.2, 0) is 12.8 Å². The van der Waals surface area contributed by atoms with Gasteiger partial charge in [0.2, 0.25) is 0 Å². The molecule has 0 atom stereocenters. The molecule has 0 radical (unpaired) electrons. The number of thiophene rings is 1. The van der Waals surface area contributed by atoms with Gasteiger partial charge in [0.1, 0.15) is 0 Å². The first kappa shape index (κ1) is 13.1. The molecular formula is C15H21NO2S. The highest BCUT2D eigenvalue weighted by molar-refractivity contribution is 7.14. The number of carbonyl (C=O) groups excluding carboxylic acids is 1. The minimum absolute atomic E-state index is 0.0154. The quantitative estimate of drug-likeness (QED) is 0.836. The fraction of sp³-hybridized carbons (Fsp3) is 0.667. The van der Waals surface area contributed by atoms with Crippen molar-refractivity contribution in [3.63, 3.8) is 0 Å². The third-order valence-corrected chi connectivity index (χ3v) is 5.57. The zero-order chi connectivity index (χ0) is 13.3. The molecule has 4 heteroatoms. The SMILES string of the molecule is O=C(NCC1(O)CCC1)c1cc2c(s1)CCCCC2. The van der Waals surface area contributed by atoms with E-state index in [0.29, 0.717) is 6.54 Å². The maximum atomic E-state index is 12.1. The summed E-state index contributed by atoms with van der Waals surface area (Å²) in [4.78, 5) is 14.3. The van der Waals surface area contributed by atoms with Gasteiger partial charge in [-0.1, -0.05) is 6.42 Å². The number of amides is 1. The molecule has 2 aliphatic carbocycles. The first-order valence-corrected chi connectivity index (χ1v) is 8.10. The Balaban J connectivity index is 1.63. The van der Waals surface area contributed by atoms with Gasteiger partial charge in [-0.25, -0.2) is 0 Å². The van der Waals surface area contributed by atoms with Gasteiger partial charge < -0.3 is 10.4 Å². The molecule has 1 amide bonds. The molecule has 0 bridgehead atoms. The molecule has 2 N–H and O–H groups in total. The van der Waals surface area contributed by atoms with Crippen molar-refractivity contribution < 1.29 is 9.90 Å². The van der Waals surface area contributed by atoms with E-state index >= 15 is 0 Å². The summed E-state index contributed by atoms with van der Waals surface area (Å²) < 4.78 is 0. The van der Waals surface area contributed by atoms with Crippen molar-refractivity contribution in [2.24, 2.45) is 0 Å². The maximum absolute atomic E-state index is 12.1. The Hall–Kier alpha value is -0.870. The van der Waals surface area contributed by atoms with E-state index in [1.54, 1.807) is 11.3 Å². The van der Waals surface area contributed by atoms with E-state index in [0.717, 1.165) is 37.0 Å². The van der Waals surface area contributed by atoms with Crippen molar-refractivity contribution in [3.05, 3.63) is 21.4 Å². The minimum atomic E-state index is -0.635. The number of hydrogen-bond donors (Lipinski definition) is 2. The minimum Gasteiger partial charge on any atom is -0.388 e. The highest BCUT2D eigenvalue weighted by Crippen LogP contribution is 2.31. The van der Waals surface area contributed by atoms with Crippen molar-refractivity contribution in [1.82, 2.24) is 5.32 Å². The van der Waals surface area contributed by atoms with Crippen molar-refractivity contribution >= 4 is 17.2 Å². The van der Waals surface area contributed by atoms with Crippen LogP contribution in [0, 0.1) is 0 Å². The second kappa shape index (κ2) is 5.25. The Morgan fingerprint density at radius 3 is 2.79 bits per heavy atom. The normalized spacial score (nSPS) is 21.1. The zero-order valence-corrected chi connectivity index (χ0v) is 12.0. The highest BCUT2D eigenvalue weighted by atomic mass is 32.1. The van der Waals surface area contributed by atoms with Gasteiger partial charge in [0.05, 0.1) is 10.5 Å². The number of carbonyl (C=O) groups is 1.